The van der Waals surface area contributed by atoms with Crippen molar-refractivity contribution in [2.24, 2.45) is 0 Å². The summed E-state index contributed by atoms with van der Waals surface area (Å²) in [5.74, 6) is -0.250. The molecule has 1 fully saturated rings. The first-order chi connectivity index (χ1) is 18.0. The average Bonchev–Trinajstić information content (AvgIpc) is 2.90. The predicted octanol–water partition coefficient (Wildman–Crippen LogP) is 4.10. The summed E-state index contributed by atoms with van der Waals surface area (Å²) in [6, 6.07) is 15.1. The Morgan fingerprint density at radius 3 is 2.00 bits per heavy atom. The molecule has 4 rings (SSSR count). The largest absolute Gasteiger partial charge is 0.378 e. The smallest absolute Gasteiger partial charge is 0.261 e. The van der Waals surface area contributed by atoms with Gasteiger partial charge in [0.2, 0.25) is 0 Å². The number of carbonyl (C=O) groups is 1. The first-order valence-corrected chi connectivity index (χ1v) is 16.0. The van der Waals surface area contributed by atoms with Crippen LogP contribution in [0.1, 0.15) is 21.5 Å². The molecule has 0 radical (unpaired) electrons. The molecule has 1 aliphatic rings. The third-order valence-corrected chi connectivity index (χ3v) is 9.76. The molecule has 0 saturated carbocycles. The van der Waals surface area contributed by atoms with E-state index >= 15 is 0 Å². The number of rotatable bonds is 8. The summed E-state index contributed by atoms with van der Waals surface area (Å²) in [4.78, 5) is 15.3. The number of benzene rings is 3. The maximum Gasteiger partial charge on any atom is 0.261 e. The number of hydrogen-bond acceptors (Lipinski definition) is 7. The van der Waals surface area contributed by atoms with Gasteiger partial charge in [0.15, 0.2) is 0 Å². The van der Waals surface area contributed by atoms with Crippen molar-refractivity contribution in [2.45, 2.75) is 28.5 Å². The van der Waals surface area contributed by atoms with Crippen LogP contribution in [0.2, 0.25) is 0 Å². The van der Waals surface area contributed by atoms with Gasteiger partial charge in [-0.1, -0.05) is 6.07 Å². The third-order valence-electron chi connectivity index (χ3n) is 6.19. The molecule has 12 heteroatoms. The van der Waals surface area contributed by atoms with Crippen molar-refractivity contribution in [2.75, 3.05) is 42.0 Å². The molecular weight excluding hydrogens is 547 g/mol. The average molecular weight is 576 g/mol. The van der Waals surface area contributed by atoms with E-state index in [-0.39, 0.29) is 21.4 Å². The monoisotopic (exact) mass is 575 g/mol. The van der Waals surface area contributed by atoms with Crippen molar-refractivity contribution in [1.82, 2.24) is 4.90 Å². The number of hydrogen-bond donors (Lipinski definition) is 2. The lowest BCUT2D eigenvalue weighted by atomic mass is 10.1. The molecule has 9 nitrogen and oxygen atoms in total. The minimum Gasteiger partial charge on any atom is -0.378 e. The second kappa shape index (κ2) is 11.4. The Morgan fingerprint density at radius 1 is 0.789 bits per heavy atom. The summed E-state index contributed by atoms with van der Waals surface area (Å²) >= 11 is 1.36. The van der Waals surface area contributed by atoms with Crippen LogP contribution >= 0.6 is 11.8 Å². The van der Waals surface area contributed by atoms with Crippen LogP contribution in [-0.2, 0) is 24.8 Å². The Bertz CT molecular complexity index is 1550. The van der Waals surface area contributed by atoms with Gasteiger partial charge < -0.3 is 9.64 Å². The standard InChI is InChI=1S/C26H29N3O6S3/c1-18-4-5-21(16-19(18)2)28-37(31,32)22-8-6-20(7-9-22)27-38(33,34)23-10-11-25(36-3)24(17-23)26(30)29-12-14-35-15-13-29/h4-11,16-17,27-28H,12-15H2,1-3H3. The molecule has 0 bridgehead atoms. The highest BCUT2D eigenvalue weighted by Gasteiger charge is 2.24. The lowest BCUT2D eigenvalue weighted by Gasteiger charge is -2.27. The summed E-state index contributed by atoms with van der Waals surface area (Å²) < 4.78 is 62.2. The molecule has 0 unspecified atom stereocenters. The number of nitrogens with zero attached hydrogens (tertiary/aromatic N) is 1. The van der Waals surface area contributed by atoms with E-state index in [4.69, 9.17) is 4.74 Å². The number of morpholine rings is 1. The molecule has 3 aromatic carbocycles. The van der Waals surface area contributed by atoms with Gasteiger partial charge in [-0.3, -0.25) is 14.2 Å². The molecule has 2 N–H and O–H groups in total. The van der Waals surface area contributed by atoms with E-state index in [0.29, 0.717) is 42.4 Å². The summed E-state index contributed by atoms with van der Waals surface area (Å²) in [5.41, 5.74) is 2.93. The van der Waals surface area contributed by atoms with Crippen LogP contribution < -0.4 is 9.44 Å². The number of nitrogens with one attached hydrogen (secondary N) is 2. The molecule has 0 atom stereocenters. The molecule has 1 saturated heterocycles. The van der Waals surface area contributed by atoms with Crippen LogP contribution in [0.25, 0.3) is 0 Å². The van der Waals surface area contributed by atoms with Crippen molar-refractivity contribution in [3.05, 3.63) is 77.4 Å². The van der Waals surface area contributed by atoms with Gasteiger partial charge in [0, 0.05) is 29.4 Å². The van der Waals surface area contributed by atoms with Crippen molar-refractivity contribution < 1.29 is 26.4 Å². The molecule has 38 heavy (non-hydrogen) atoms. The highest BCUT2D eigenvalue weighted by molar-refractivity contribution is 7.98. The zero-order valence-electron chi connectivity index (χ0n) is 21.2. The van der Waals surface area contributed by atoms with Crippen molar-refractivity contribution >= 4 is 49.1 Å². The third kappa shape index (κ3) is 6.32. The first-order valence-electron chi connectivity index (χ1n) is 11.8. The lowest BCUT2D eigenvalue weighted by molar-refractivity contribution is 0.0300. The Labute approximate surface area is 227 Å². The van der Waals surface area contributed by atoms with E-state index < -0.39 is 20.0 Å². The number of aryl methyl sites for hydroxylation is 2. The SMILES string of the molecule is CSc1ccc(S(=O)(=O)Nc2ccc(S(=O)(=O)Nc3ccc(C)c(C)c3)cc2)cc1C(=O)N1CCOCC1. The lowest BCUT2D eigenvalue weighted by Crippen LogP contribution is -2.40. The van der Waals surface area contributed by atoms with E-state index in [1.54, 1.807) is 23.1 Å². The summed E-state index contributed by atoms with van der Waals surface area (Å²) in [7, 11) is -7.92. The van der Waals surface area contributed by atoms with Crippen LogP contribution in [0.3, 0.4) is 0 Å². The van der Waals surface area contributed by atoms with Gasteiger partial charge in [-0.05, 0) is 85.8 Å². The van der Waals surface area contributed by atoms with E-state index in [1.807, 2.05) is 26.2 Å². The fraction of sp³-hybridized carbons (Fsp3) is 0.269. The minimum atomic E-state index is -4.05. The quantitative estimate of drug-likeness (QED) is 0.388. The number of sulfonamides is 2. The van der Waals surface area contributed by atoms with Crippen molar-refractivity contribution in [3.8, 4) is 0 Å². The number of carbonyl (C=O) groups excluding carboxylic acids is 1. The molecule has 1 aliphatic heterocycles. The fourth-order valence-electron chi connectivity index (χ4n) is 3.89. The normalized spacial score (nSPS) is 14.2. The Hall–Kier alpha value is -3.06. The Morgan fingerprint density at radius 2 is 1.37 bits per heavy atom. The molecule has 1 heterocycles. The zero-order valence-corrected chi connectivity index (χ0v) is 23.7. The molecular formula is C26H29N3O6S3. The van der Waals surface area contributed by atoms with Gasteiger partial charge in [-0.2, -0.15) is 0 Å². The van der Waals surface area contributed by atoms with Gasteiger partial charge >= 0.3 is 0 Å². The summed E-state index contributed by atoms with van der Waals surface area (Å²) in [6.45, 7) is 5.58. The van der Waals surface area contributed by atoms with Gasteiger partial charge in [0.25, 0.3) is 26.0 Å². The van der Waals surface area contributed by atoms with Gasteiger partial charge in [0.05, 0.1) is 28.6 Å². The summed E-state index contributed by atoms with van der Waals surface area (Å²) in [6.07, 6.45) is 1.82. The van der Waals surface area contributed by atoms with Crippen LogP contribution in [-0.4, -0.2) is 60.2 Å². The van der Waals surface area contributed by atoms with Gasteiger partial charge in [-0.25, -0.2) is 16.8 Å². The number of anilines is 2. The van der Waals surface area contributed by atoms with Crippen molar-refractivity contribution in [1.29, 1.82) is 0 Å². The number of thioether (sulfide) groups is 1. The maximum atomic E-state index is 13.1. The van der Waals surface area contributed by atoms with E-state index in [9.17, 15) is 21.6 Å². The number of ether oxygens (including phenoxy) is 1. The Kier molecular flexibility index (Phi) is 8.36. The maximum absolute atomic E-state index is 13.1. The summed E-state index contributed by atoms with van der Waals surface area (Å²) in [5, 5.41) is 0. The number of amides is 1. The highest BCUT2D eigenvalue weighted by Crippen LogP contribution is 2.27. The van der Waals surface area contributed by atoms with Crippen LogP contribution in [0.15, 0.2) is 75.4 Å². The van der Waals surface area contributed by atoms with Crippen molar-refractivity contribution in [3.63, 3.8) is 0 Å². The molecule has 202 valence electrons. The fourth-order valence-corrected chi connectivity index (χ4v) is 6.60. The van der Waals surface area contributed by atoms with Crippen LogP contribution in [0, 0.1) is 13.8 Å². The molecule has 0 aromatic heterocycles. The zero-order chi connectivity index (χ0) is 27.5. The first kappa shape index (κ1) is 28.0. The predicted molar refractivity (Wildman–Crippen MR) is 149 cm³/mol. The van der Waals surface area contributed by atoms with Crippen LogP contribution in [0.4, 0.5) is 11.4 Å². The second-order valence-electron chi connectivity index (χ2n) is 8.80. The highest BCUT2D eigenvalue weighted by atomic mass is 32.2. The van der Waals surface area contributed by atoms with Crippen LogP contribution in [0.5, 0.6) is 0 Å². The minimum absolute atomic E-state index is 0.0126. The van der Waals surface area contributed by atoms with E-state index in [2.05, 4.69) is 9.44 Å². The van der Waals surface area contributed by atoms with E-state index in [1.165, 1.54) is 48.2 Å². The topological polar surface area (TPSA) is 122 Å². The Balaban J connectivity index is 1.53. The molecule has 0 aliphatic carbocycles. The molecule has 3 aromatic rings. The van der Waals surface area contributed by atoms with Gasteiger partial charge in [0.1, 0.15) is 0 Å². The van der Waals surface area contributed by atoms with E-state index in [0.717, 1.165) is 11.1 Å². The molecule has 1 amide bonds. The molecule has 0 spiro atoms. The van der Waals surface area contributed by atoms with Gasteiger partial charge in [-0.15, -0.1) is 11.8 Å². The second-order valence-corrected chi connectivity index (χ2v) is 13.0.